The molecule has 0 spiro atoms. The molecule has 1 aromatic rings. The summed E-state index contributed by atoms with van der Waals surface area (Å²) < 4.78 is 16.2. The normalized spacial score (nSPS) is 20.0. The summed E-state index contributed by atoms with van der Waals surface area (Å²) >= 11 is 0. The van der Waals surface area contributed by atoms with Crippen LogP contribution in [-0.2, 0) is 9.53 Å². The lowest BCUT2D eigenvalue weighted by molar-refractivity contribution is -0.138. The van der Waals surface area contributed by atoms with Gasteiger partial charge in [-0.25, -0.2) is 0 Å². The molecule has 2 unspecified atom stereocenters. The Morgan fingerprint density at radius 1 is 1.53 bits per heavy atom. The second kappa shape index (κ2) is 5.90. The molecule has 0 amide bonds. The number of carboxylic acid groups (broad SMARTS) is 1. The molecule has 1 heterocycles. The average Bonchev–Trinajstić information content (AvgIpc) is 2.91. The summed E-state index contributed by atoms with van der Waals surface area (Å²) in [6.45, 7) is 1.24. The number of carboxylic acids is 1. The van der Waals surface area contributed by atoms with Gasteiger partial charge < -0.3 is 25.1 Å². The van der Waals surface area contributed by atoms with E-state index >= 15 is 0 Å². The first-order valence-electron chi connectivity index (χ1n) is 6.02. The molecule has 1 aliphatic rings. The van der Waals surface area contributed by atoms with E-state index in [1.165, 1.54) is 7.11 Å². The quantitative estimate of drug-likeness (QED) is 0.825. The highest BCUT2D eigenvalue weighted by atomic mass is 16.6. The average molecular weight is 267 g/mol. The molecule has 1 saturated heterocycles. The van der Waals surface area contributed by atoms with Gasteiger partial charge in [-0.2, -0.15) is 0 Å². The summed E-state index contributed by atoms with van der Waals surface area (Å²) in [5, 5.41) is 8.88. The van der Waals surface area contributed by atoms with E-state index in [4.69, 9.17) is 25.1 Å². The van der Waals surface area contributed by atoms with Crippen molar-refractivity contribution in [1.82, 2.24) is 0 Å². The van der Waals surface area contributed by atoms with Crippen LogP contribution in [0.1, 0.15) is 18.0 Å². The zero-order valence-corrected chi connectivity index (χ0v) is 10.7. The summed E-state index contributed by atoms with van der Waals surface area (Å²) in [6, 6.07) is 3.82. The number of hydrogen-bond acceptors (Lipinski definition) is 5. The van der Waals surface area contributed by atoms with Crippen LogP contribution < -0.4 is 15.2 Å². The van der Waals surface area contributed by atoms with Gasteiger partial charge in [-0.3, -0.25) is 4.79 Å². The molecule has 0 saturated carbocycles. The molecule has 104 valence electrons. The highest BCUT2D eigenvalue weighted by molar-refractivity contribution is 5.75. The molecular weight excluding hydrogens is 250 g/mol. The highest BCUT2D eigenvalue weighted by Gasteiger charge is 2.21. The molecule has 1 fully saturated rings. The number of carbonyl (C=O) groups is 1. The maximum Gasteiger partial charge on any atom is 0.325 e. The number of nitrogens with two attached hydrogens (primary N) is 1. The molecule has 1 aliphatic heterocycles. The van der Waals surface area contributed by atoms with Gasteiger partial charge in [0.15, 0.2) is 11.5 Å². The van der Waals surface area contributed by atoms with Gasteiger partial charge in [0.1, 0.15) is 12.1 Å². The molecule has 6 nitrogen and oxygen atoms in total. The Hall–Kier alpha value is -1.79. The number of aliphatic carboxylic acids is 1. The molecule has 1 aromatic carbocycles. The van der Waals surface area contributed by atoms with Crippen molar-refractivity contribution in [3.63, 3.8) is 0 Å². The molecule has 0 aliphatic carbocycles. The molecule has 2 rings (SSSR count). The Labute approximate surface area is 111 Å². The van der Waals surface area contributed by atoms with Crippen molar-refractivity contribution in [1.29, 1.82) is 0 Å². The van der Waals surface area contributed by atoms with Crippen LogP contribution >= 0.6 is 0 Å². The zero-order valence-electron chi connectivity index (χ0n) is 10.7. The van der Waals surface area contributed by atoms with Crippen molar-refractivity contribution in [2.24, 2.45) is 5.73 Å². The van der Waals surface area contributed by atoms with Gasteiger partial charge in [0, 0.05) is 6.42 Å². The fraction of sp³-hybridized carbons (Fsp3) is 0.462. The number of methoxy groups -OCH3 is 1. The van der Waals surface area contributed by atoms with E-state index < -0.39 is 12.0 Å². The van der Waals surface area contributed by atoms with Crippen molar-refractivity contribution < 1.29 is 24.1 Å². The van der Waals surface area contributed by atoms with Crippen LogP contribution in [0.15, 0.2) is 18.2 Å². The van der Waals surface area contributed by atoms with Crippen LogP contribution in [-0.4, -0.2) is 37.5 Å². The molecule has 0 bridgehead atoms. The highest BCUT2D eigenvalue weighted by Crippen LogP contribution is 2.31. The second-order valence-corrected chi connectivity index (χ2v) is 4.33. The number of hydrogen-bond donors (Lipinski definition) is 2. The van der Waals surface area contributed by atoms with Gasteiger partial charge in [0.25, 0.3) is 0 Å². The van der Waals surface area contributed by atoms with Crippen LogP contribution in [0.25, 0.3) is 0 Å². The summed E-state index contributed by atoms with van der Waals surface area (Å²) in [5.74, 6) is -0.0413. The fourth-order valence-electron chi connectivity index (χ4n) is 1.90. The van der Waals surface area contributed by atoms with Crippen LogP contribution in [0.5, 0.6) is 11.5 Å². The third-order valence-electron chi connectivity index (χ3n) is 2.99. The predicted octanol–water partition coefficient (Wildman–Crippen LogP) is 0.947. The number of ether oxygens (including phenoxy) is 3. The minimum atomic E-state index is -1.08. The predicted molar refractivity (Wildman–Crippen MR) is 67.4 cm³/mol. The summed E-state index contributed by atoms with van der Waals surface area (Å²) in [5.41, 5.74) is 6.03. The molecular formula is C13H17NO5. The maximum atomic E-state index is 10.8. The smallest absolute Gasteiger partial charge is 0.325 e. The molecule has 3 N–H and O–H groups in total. The number of benzene rings is 1. The van der Waals surface area contributed by atoms with Crippen molar-refractivity contribution in [2.75, 3.05) is 20.3 Å². The molecule has 0 radical (unpaired) electrons. The summed E-state index contributed by atoms with van der Waals surface area (Å²) in [4.78, 5) is 10.8. The van der Waals surface area contributed by atoms with Gasteiger partial charge in [-0.1, -0.05) is 6.07 Å². The third-order valence-corrected chi connectivity index (χ3v) is 2.99. The van der Waals surface area contributed by atoms with E-state index in [1.807, 2.05) is 0 Å². The Bertz CT molecular complexity index is 456. The van der Waals surface area contributed by atoms with Gasteiger partial charge in [0.2, 0.25) is 0 Å². The second-order valence-electron chi connectivity index (χ2n) is 4.33. The standard InChI is InChI=1S/C13H17NO5/c1-17-11-6-8(12(14)13(15)16)2-3-10(11)19-9-4-5-18-7-9/h2-3,6,9,12H,4-5,7,14H2,1H3,(H,15,16). The SMILES string of the molecule is COc1cc(C(N)C(=O)O)ccc1OC1CCOC1. The first-order chi connectivity index (χ1) is 9.11. The minimum absolute atomic E-state index is 0.00731. The Morgan fingerprint density at radius 2 is 2.32 bits per heavy atom. The van der Waals surface area contributed by atoms with Crippen molar-refractivity contribution in [3.05, 3.63) is 23.8 Å². The summed E-state index contributed by atoms with van der Waals surface area (Å²) in [6.07, 6.45) is 0.840. The minimum Gasteiger partial charge on any atom is -0.493 e. The van der Waals surface area contributed by atoms with E-state index in [9.17, 15) is 4.79 Å². The van der Waals surface area contributed by atoms with Crippen LogP contribution in [0.3, 0.4) is 0 Å². The zero-order chi connectivity index (χ0) is 13.8. The van der Waals surface area contributed by atoms with Gasteiger partial charge in [-0.05, 0) is 17.7 Å². The van der Waals surface area contributed by atoms with Crippen LogP contribution in [0.2, 0.25) is 0 Å². The molecule has 6 heteroatoms. The van der Waals surface area contributed by atoms with Crippen LogP contribution in [0, 0.1) is 0 Å². The van der Waals surface area contributed by atoms with Gasteiger partial charge >= 0.3 is 5.97 Å². The lowest BCUT2D eigenvalue weighted by Gasteiger charge is -2.16. The Kier molecular flexibility index (Phi) is 4.24. The molecule has 2 atom stereocenters. The Balaban J connectivity index is 2.18. The van der Waals surface area contributed by atoms with E-state index in [-0.39, 0.29) is 6.10 Å². The number of rotatable bonds is 5. The third kappa shape index (κ3) is 3.15. The van der Waals surface area contributed by atoms with Crippen molar-refractivity contribution in [2.45, 2.75) is 18.6 Å². The lowest BCUT2D eigenvalue weighted by Crippen LogP contribution is -2.21. The largest absolute Gasteiger partial charge is 0.493 e. The van der Waals surface area contributed by atoms with E-state index in [1.54, 1.807) is 18.2 Å². The van der Waals surface area contributed by atoms with E-state index in [2.05, 4.69) is 0 Å². The Morgan fingerprint density at radius 3 is 2.89 bits per heavy atom. The van der Waals surface area contributed by atoms with E-state index in [0.29, 0.717) is 30.3 Å². The summed E-state index contributed by atoms with van der Waals surface area (Å²) in [7, 11) is 1.50. The van der Waals surface area contributed by atoms with Crippen molar-refractivity contribution in [3.8, 4) is 11.5 Å². The van der Waals surface area contributed by atoms with E-state index in [0.717, 1.165) is 6.42 Å². The van der Waals surface area contributed by atoms with Crippen molar-refractivity contribution >= 4 is 5.97 Å². The maximum absolute atomic E-state index is 10.8. The molecule has 0 aromatic heterocycles. The first kappa shape index (κ1) is 13.6. The monoisotopic (exact) mass is 267 g/mol. The topological polar surface area (TPSA) is 91.0 Å². The molecule has 19 heavy (non-hydrogen) atoms. The van der Waals surface area contributed by atoms with Crippen LogP contribution in [0.4, 0.5) is 0 Å². The van der Waals surface area contributed by atoms with Gasteiger partial charge in [0.05, 0.1) is 20.3 Å². The fourth-order valence-corrected chi connectivity index (χ4v) is 1.90. The van der Waals surface area contributed by atoms with Gasteiger partial charge in [-0.15, -0.1) is 0 Å². The lowest BCUT2D eigenvalue weighted by atomic mass is 10.1. The first-order valence-corrected chi connectivity index (χ1v) is 6.02.